The highest BCUT2D eigenvalue weighted by molar-refractivity contribution is 7.89. The Kier molecular flexibility index (Phi) is 4.43. The van der Waals surface area contributed by atoms with E-state index in [0.717, 1.165) is 29.6 Å². The Morgan fingerprint density at radius 3 is 2.45 bits per heavy atom. The molecule has 29 heavy (non-hydrogen) atoms. The second kappa shape index (κ2) is 6.88. The SMILES string of the molecule is Cc1nc(S(=O)(=O)N2CCC(c3ccc4cc(C5CC5)cnc4n3)CC2)cn1C. The molecular weight excluding hydrogens is 386 g/mol. The molecule has 0 N–H and O–H groups in total. The molecule has 2 aliphatic rings. The lowest BCUT2D eigenvalue weighted by atomic mass is 9.94. The predicted molar refractivity (Wildman–Crippen MR) is 110 cm³/mol. The summed E-state index contributed by atoms with van der Waals surface area (Å²) >= 11 is 0. The summed E-state index contributed by atoms with van der Waals surface area (Å²) in [4.78, 5) is 13.6. The van der Waals surface area contributed by atoms with E-state index in [9.17, 15) is 8.42 Å². The fourth-order valence-corrected chi connectivity index (χ4v) is 5.58. The number of sulfonamides is 1. The van der Waals surface area contributed by atoms with E-state index in [4.69, 9.17) is 4.98 Å². The molecule has 0 unspecified atom stereocenters. The third-order valence-corrected chi connectivity index (χ3v) is 7.97. The maximum absolute atomic E-state index is 12.9. The van der Waals surface area contributed by atoms with Crippen LogP contribution in [0.15, 0.2) is 35.6 Å². The molecule has 1 aliphatic carbocycles. The first-order chi connectivity index (χ1) is 13.9. The van der Waals surface area contributed by atoms with Crippen molar-refractivity contribution in [1.82, 2.24) is 23.8 Å². The quantitative estimate of drug-likeness (QED) is 0.659. The molecule has 3 aromatic rings. The summed E-state index contributed by atoms with van der Waals surface area (Å²) in [6.45, 7) is 2.77. The Morgan fingerprint density at radius 2 is 1.79 bits per heavy atom. The van der Waals surface area contributed by atoms with Crippen molar-refractivity contribution >= 4 is 21.1 Å². The van der Waals surface area contributed by atoms with Crippen LogP contribution in [0.1, 0.15) is 54.6 Å². The highest BCUT2D eigenvalue weighted by atomic mass is 32.2. The molecule has 0 atom stereocenters. The van der Waals surface area contributed by atoms with Crippen molar-refractivity contribution in [1.29, 1.82) is 0 Å². The maximum atomic E-state index is 12.9. The van der Waals surface area contributed by atoms with Crippen LogP contribution in [0.25, 0.3) is 11.0 Å². The smallest absolute Gasteiger partial charge is 0.262 e. The van der Waals surface area contributed by atoms with Crippen LogP contribution in [-0.4, -0.2) is 45.3 Å². The number of pyridine rings is 2. The number of hydrogen-bond donors (Lipinski definition) is 0. The van der Waals surface area contributed by atoms with Crippen molar-refractivity contribution in [3.63, 3.8) is 0 Å². The first-order valence-corrected chi connectivity index (χ1v) is 11.6. The number of piperidine rings is 1. The zero-order valence-electron chi connectivity index (χ0n) is 16.7. The molecular formula is C21H25N5O2S. The zero-order valence-corrected chi connectivity index (χ0v) is 17.6. The minimum absolute atomic E-state index is 0.135. The summed E-state index contributed by atoms with van der Waals surface area (Å²) in [6, 6.07) is 6.40. The van der Waals surface area contributed by atoms with Gasteiger partial charge in [0.1, 0.15) is 5.82 Å². The monoisotopic (exact) mass is 411 g/mol. The lowest BCUT2D eigenvalue weighted by molar-refractivity contribution is 0.316. The number of aromatic nitrogens is 4. The largest absolute Gasteiger partial charge is 0.337 e. The molecule has 0 radical (unpaired) electrons. The molecule has 152 valence electrons. The normalized spacial score (nSPS) is 19.1. The van der Waals surface area contributed by atoms with Gasteiger partial charge in [0.05, 0.1) is 0 Å². The van der Waals surface area contributed by atoms with Gasteiger partial charge in [-0.05, 0) is 62.3 Å². The summed E-state index contributed by atoms with van der Waals surface area (Å²) in [6.07, 6.45) is 7.58. The standard InChI is InChI=1S/C21H25N5O2S/c1-14-23-20(13-25(14)2)29(27,28)26-9-7-16(8-10-26)19-6-5-17-11-18(15-3-4-15)12-22-21(17)24-19/h5-6,11-13,15-16H,3-4,7-10H2,1-2H3. The number of rotatable bonds is 4. The fraction of sp³-hybridized carbons (Fsp3) is 0.476. The molecule has 0 spiro atoms. The van der Waals surface area contributed by atoms with Gasteiger partial charge in [-0.2, -0.15) is 4.31 Å². The highest BCUT2D eigenvalue weighted by Crippen LogP contribution is 2.40. The van der Waals surface area contributed by atoms with Crippen molar-refractivity contribution in [3.8, 4) is 0 Å². The van der Waals surface area contributed by atoms with Gasteiger partial charge in [0.2, 0.25) is 0 Å². The van der Waals surface area contributed by atoms with Gasteiger partial charge < -0.3 is 4.57 Å². The lowest BCUT2D eigenvalue weighted by Gasteiger charge is -2.30. The van der Waals surface area contributed by atoms with Gasteiger partial charge in [-0.25, -0.2) is 23.4 Å². The minimum Gasteiger partial charge on any atom is -0.337 e. The molecule has 0 aromatic carbocycles. The van der Waals surface area contributed by atoms with Crippen LogP contribution in [0, 0.1) is 6.92 Å². The van der Waals surface area contributed by atoms with Crippen LogP contribution < -0.4 is 0 Å². The molecule has 1 saturated carbocycles. The van der Waals surface area contributed by atoms with E-state index in [1.807, 2.05) is 6.20 Å². The summed E-state index contributed by atoms with van der Waals surface area (Å²) < 4.78 is 29.1. The average Bonchev–Trinajstić information content (AvgIpc) is 3.52. The second-order valence-corrected chi connectivity index (χ2v) is 10.1. The third-order valence-electron chi connectivity index (χ3n) is 6.20. The highest BCUT2D eigenvalue weighted by Gasteiger charge is 2.32. The second-order valence-electron chi connectivity index (χ2n) is 8.24. The van der Waals surface area contributed by atoms with Gasteiger partial charge in [0.15, 0.2) is 10.7 Å². The van der Waals surface area contributed by atoms with Crippen LogP contribution in [0.3, 0.4) is 0 Å². The number of aryl methyl sites for hydroxylation is 2. The van der Waals surface area contributed by atoms with E-state index in [0.29, 0.717) is 24.8 Å². The van der Waals surface area contributed by atoms with E-state index in [1.165, 1.54) is 18.4 Å². The maximum Gasteiger partial charge on any atom is 0.262 e. The molecule has 0 bridgehead atoms. The van der Waals surface area contributed by atoms with E-state index in [2.05, 4.69) is 28.2 Å². The van der Waals surface area contributed by atoms with Gasteiger partial charge in [-0.3, -0.25) is 0 Å². The van der Waals surface area contributed by atoms with E-state index >= 15 is 0 Å². The van der Waals surface area contributed by atoms with E-state index in [1.54, 1.807) is 29.0 Å². The van der Waals surface area contributed by atoms with Crippen molar-refractivity contribution in [2.75, 3.05) is 13.1 Å². The topological polar surface area (TPSA) is 81.0 Å². The van der Waals surface area contributed by atoms with Crippen LogP contribution >= 0.6 is 0 Å². The Balaban J connectivity index is 1.31. The number of nitrogens with zero attached hydrogens (tertiary/aromatic N) is 5. The van der Waals surface area contributed by atoms with Crippen molar-refractivity contribution < 1.29 is 8.42 Å². The number of fused-ring (bicyclic) bond motifs is 1. The third kappa shape index (κ3) is 3.44. The summed E-state index contributed by atoms with van der Waals surface area (Å²) in [5.74, 6) is 1.62. The Bertz CT molecular complexity index is 1160. The Hall–Kier alpha value is -2.32. The van der Waals surface area contributed by atoms with Crippen LogP contribution in [0.5, 0.6) is 0 Å². The van der Waals surface area contributed by atoms with Crippen molar-refractivity contribution in [2.24, 2.45) is 7.05 Å². The summed E-state index contributed by atoms with van der Waals surface area (Å²) in [5.41, 5.74) is 3.11. The van der Waals surface area contributed by atoms with Gasteiger partial charge in [0.25, 0.3) is 10.0 Å². The van der Waals surface area contributed by atoms with Crippen LogP contribution in [0.4, 0.5) is 0 Å². The van der Waals surface area contributed by atoms with Crippen LogP contribution in [-0.2, 0) is 17.1 Å². The first-order valence-electron chi connectivity index (χ1n) is 10.2. The minimum atomic E-state index is -3.54. The molecule has 5 rings (SSSR count). The number of hydrogen-bond acceptors (Lipinski definition) is 5. The van der Waals surface area contributed by atoms with Gasteiger partial charge in [0, 0.05) is 49.5 Å². The molecule has 4 heterocycles. The molecule has 0 amide bonds. The number of imidazole rings is 1. The molecule has 7 nitrogen and oxygen atoms in total. The molecule has 1 saturated heterocycles. The van der Waals surface area contributed by atoms with Crippen molar-refractivity contribution in [2.45, 2.75) is 49.5 Å². The Labute approximate surface area is 170 Å². The first kappa shape index (κ1) is 18.7. The van der Waals surface area contributed by atoms with Gasteiger partial charge >= 0.3 is 0 Å². The molecule has 1 aliphatic heterocycles. The zero-order chi connectivity index (χ0) is 20.2. The van der Waals surface area contributed by atoms with E-state index in [-0.39, 0.29) is 10.9 Å². The predicted octanol–water partition coefficient (Wildman–Crippen LogP) is 3.12. The molecule has 3 aromatic heterocycles. The molecule has 8 heteroatoms. The summed E-state index contributed by atoms with van der Waals surface area (Å²) in [7, 11) is -1.74. The van der Waals surface area contributed by atoms with E-state index < -0.39 is 10.0 Å². The van der Waals surface area contributed by atoms with Crippen LogP contribution in [0.2, 0.25) is 0 Å². The fourth-order valence-electron chi connectivity index (χ4n) is 4.08. The Morgan fingerprint density at radius 1 is 1.03 bits per heavy atom. The van der Waals surface area contributed by atoms with Gasteiger partial charge in [-0.15, -0.1) is 0 Å². The van der Waals surface area contributed by atoms with Crippen molar-refractivity contribution in [3.05, 3.63) is 47.7 Å². The summed E-state index contributed by atoms with van der Waals surface area (Å²) in [5, 5.41) is 1.22. The van der Waals surface area contributed by atoms with Gasteiger partial charge in [-0.1, -0.05) is 0 Å². The lowest BCUT2D eigenvalue weighted by Crippen LogP contribution is -2.38. The molecule has 2 fully saturated rings. The average molecular weight is 412 g/mol.